The SMILES string of the molecule is CCCc1c(O[C@@H]2CCC[C@H](Oc3ccc(CC(=O)O)cc3)C2)ccc(C(C)=O)c1O. The van der Waals surface area contributed by atoms with Gasteiger partial charge in [0.2, 0.25) is 0 Å². The van der Waals surface area contributed by atoms with E-state index in [0.717, 1.165) is 43.4 Å². The van der Waals surface area contributed by atoms with E-state index in [-0.39, 0.29) is 30.2 Å². The highest BCUT2D eigenvalue weighted by Gasteiger charge is 2.26. The molecule has 0 saturated heterocycles. The Hall–Kier alpha value is -3.02. The molecule has 0 bridgehead atoms. The summed E-state index contributed by atoms with van der Waals surface area (Å²) in [6.45, 7) is 3.47. The summed E-state index contributed by atoms with van der Waals surface area (Å²) < 4.78 is 12.4. The van der Waals surface area contributed by atoms with Gasteiger partial charge in [-0.15, -0.1) is 0 Å². The zero-order valence-corrected chi connectivity index (χ0v) is 18.1. The van der Waals surface area contributed by atoms with Gasteiger partial charge in [-0.25, -0.2) is 0 Å². The van der Waals surface area contributed by atoms with Crippen molar-refractivity contribution in [2.75, 3.05) is 0 Å². The number of hydrogen-bond acceptors (Lipinski definition) is 5. The molecule has 6 nitrogen and oxygen atoms in total. The molecule has 2 aromatic carbocycles. The van der Waals surface area contributed by atoms with Crippen LogP contribution in [-0.4, -0.2) is 34.2 Å². The number of Topliss-reactive ketones (excluding diaryl/α,β-unsaturated/α-hetero) is 1. The molecular formula is C25H30O6. The van der Waals surface area contributed by atoms with Gasteiger partial charge in [0.15, 0.2) is 5.78 Å². The second kappa shape index (κ2) is 10.3. The van der Waals surface area contributed by atoms with E-state index in [4.69, 9.17) is 14.6 Å². The number of carboxylic acid groups (broad SMARTS) is 1. The van der Waals surface area contributed by atoms with Crippen LogP contribution in [0.4, 0.5) is 0 Å². The van der Waals surface area contributed by atoms with Crippen molar-refractivity contribution in [1.29, 1.82) is 0 Å². The van der Waals surface area contributed by atoms with Crippen molar-refractivity contribution in [3.63, 3.8) is 0 Å². The van der Waals surface area contributed by atoms with Gasteiger partial charge in [-0.1, -0.05) is 25.5 Å². The predicted octanol–water partition coefficient (Wildman–Crippen LogP) is 4.94. The smallest absolute Gasteiger partial charge is 0.307 e. The van der Waals surface area contributed by atoms with Crippen LogP contribution in [0.2, 0.25) is 0 Å². The Morgan fingerprint density at radius 3 is 2.32 bits per heavy atom. The average molecular weight is 427 g/mol. The fourth-order valence-electron chi connectivity index (χ4n) is 4.05. The molecule has 3 rings (SSSR count). The first-order valence-corrected chi connectivity index (χ1v) is 10.9. The molecule has 1 aliphatic rings. The molecule has 1 aliphatic carbocycles. The minimum atomic E-state index is -0.856. The van der Waals surface area contributed by atoms with E-state index in [9.17, 15) is 14.7 Å². The normalized spacial score (nSPS) is 18.4. The van der Waals surface area contributed by atoms with Crippen LogP contribution in [-0.2, 0) is 17.6 Å². The maximum absolute atomic E-state index is 11.8. The molecule has 0 unspecified atom stereocenters. The van der Waals surface area contributed by atoms with E-state index in [2.05, 4.69) is 0 Å². The van der Waals surface area contributed by atoms with Gasteiger partial charge in [-0.05, 0) is 62.4 Å². The minimum Gasteiger partial charge on any atom is -0.507 e. The highest BCUT2D eigenvalue weighted by Crippen LogP contribution is 2.35. The second-order valence-electron chi connectivity index (χ2n) is 8.11. The molecule has 0 aliphatic heterocycles. The molecule has 0 radical (unpaired) electrons. The molecule has 0 heterocycles. The molecule has 1 saturated carbocycles. The summed E-state index contributed by atoms with van der Waals surface area (Å²) in [4.78, 5) is 22.6. The molecule has 2 atom stereocenters. The summed E-state index contributed by atoms with van der Waals surface area (Å²) in [6.07, 6.45) is 4.94. The number of benzene rings is 2. The van der Waals surface area contributed by atoms with Crippen molar-refractivity contribution in [2.24, 2.45) is 0 Å². The van der Waals surface area contributed by atoms with Gasteiger partial charge in [-0.2, -0.15) is 0 Å². The molecule has 0 aromatic heterocycles. The number of rotatable bonds is 9. The van der Waals surface area contributed by atoms with Gasteiger partial charge in [0.1, 0.15) is 29.5 Å². The van der Waals surface area contributed by atoms with Crippen LogP contribution in [0.25, 0.3) is 0 Å². The quantitative estimate of drug-likeness (QED) is 0.552. The van der Waals surface area contributed by atoms with Crippen molar-refractivity contribution >= 4 is 11.8 Å². The van der Waals surface area contributed by atoms with Crippen LogP contribution in [0.15, 0.2) is 36.4 Å². The summed E-state index contributed by atoms with van der Waals surface area (Å²) in [5.74, 6) is 0.354. The first-order chi connectivity index (χ1) is 14.9. The van der Waals surface area contributed by atoms with Crippen LogP contribution in [0.1, 0.15) is 67.4 Å². The Labute approximate surface area is 182 Å². The maximum atomic E-state index is 11.8. The molecule has 2 aromatic rings. The van der Waals surface area contributed by atoms with Crippen LogP contribution in [0.5, 0.6) is 17.2 Å². The number of ether oxygens (including phenoxy) is 2. The lowest BCUT2D eigenvalue weighted by Crippen LogP contribution is -2.32. The Morgan fingerprint density at radius 1 is 1.03 bits per heavy atom. The molecule has 1 fully saturated rings. The summed E-state index contributed by atoms with van der Waals surface area (Å²) >= 11 is 0. The summed E-state index contributed by atoms with van der Waals surface area (Å²) in [5, 5.41) is 19.4. The molecule has 6 heteroatoms. The monoisotopic (exact) mass is 426 g/mol. The summed E-state index contributed by atoms with van der Waals surface area (Å²) in [6, 6.07) is 10.6. The van der Waals surface area contributed by atoms with Crippen molar-refractivity contribution in [3.05, 3.63) is 53.1 Å². The lowest BCUT2D eigenvalue weighted by molar-refractivity contribution is -0.136. The first kappa shape index (κ1) is 22.7. The Morgan fingerprint density at radius 2 is 1.71 bits per heavy atom. The standard InChI is InChI=1S/C25H30O6/c1-3-5-22-23(13-12-21(16(2)26)25(22)29)31-20-7-4-6-19(15-20)30-18-10-8-17(9-11-18)14-24(27)28/h8-13,19-20,29H,3-7,14-15H2,1-2H3,(H,27,28)/t19-,20+/m0/s1. The van der Waals surface area contributed by atoms with Crippen LogP contribution < -0.4 is 9.47 Å². The van der Waals surface area contributed by atoms with Crippen LogP contribution in [0.3, 0.4) is 0 Å². The predicted molar refractivity (Wildman–Crippen MR) is 117 cm³/mol. The number of carbonyl (C=O) groups is 2. The first-order valence-electron chi connectivity index (χ1n) is 10.9. The third-order valence-electron chi connectivity index (χ3n) is 5.57. The molecule has 31 heavy (non-hydrogen) atoms. The number of carboxylic acids is 1. The van der Waals surface area contributed by atoms with Crippen molar-refractivity contribution in [1.82, 2.24) is 0 Å². The van der Waals surface area contributed by atoms with Crippen LogP contribution in [0, 0.1) is 0 Å². The van der Waals surface area contributed by atoms with Gasteiger partial charge in [0.05, 0.1) is 12.0 Å². The van der Waals surface area contributed by atoms with Gasteiger partial charge in [0, 0.05) is 12.0 Å². The van der Waals surface area contributed by atoms with Gasteiger partial charge in [0.25, 0.3) is 0 Å². The van der Waals surface area contributed by atoms with Gasteiger partial charge in [-0.3, -0.25) is 9.59 Å². The van der Waals surface area contributed by atoms with E-state index in [1.807, 2.05) is 6.92 Å². The van der Waals surface area contributed by atoms with E-state index < -0.39 is 5.97 Å². The average Bonchev–Trinajstić information content (AvgIpc) is 2.72. The van der Waals surface area contributed by atoms with Gasteiger partial charge < -0.3 is 19.7 Å². The minimum absolute atomic E-state index is 0.00351. The third kappa shape index (κ3) is 6.00. The van der Waals surface area contributed by atoms with E-state index in [0.29, 0.717) is 23.3 Å². The topological polar surface area (TPSA) is 93.1 Å². The molecule has 2 N–H and O–H groups in total. The molecule has 0 amide bonds. The van der Waals surface area contributed by atoms with Crippen molar-refractivity contribution < 1.29 is 29.3 Å². The maximum Gasteiger partial charge on any atom is 0.307 e. The zero-order chi connectivity index (χ0) is 22.4. The number of phenolic OH excluding ortho intramolecular Hbond substituents is 1. The second-order valence-corrected chi connectivity index (χ2v) is 8.11. The number of phenols is 1. The fourth-order valence-corrected chi connectivity index (χ4v) is 4.05. The molecule has 166 valence electrons. The van der Waals surface area contributed by atoms with Crippen molar-refractivity contribution in [2.45, 2.75) is 71.0 Å². The fraction of sp³-hybridized carbons (Fsp3) is 0.440. The Bertz CT molecular complexity index is 918. The van der Waals surface area contributed by atoms with Crippen LogP contribution >= 0.6 is 0 Å². The number of carbonyl (C=O) groups excluding carboxylic acids is 1. The van der Waals surface area contributed by atoms with E-state index in [1.54, 1.807) is 36.4 Å². The highest BCUT2D eigenvalue weighted by molar-refractivity contribution is 5.97. The zero-order valence-electron chi connectivity index (χ0n) is 18.1. The highest BCUT2D eigenvalue weighted by atomic mass is 16.5. The Kier molecular flexibility index (Phi) is 7.55. The largest absolute Gasteiger partial charge is 0.507 e. The molecular weight excluding hydrogens is 396 g/mol. The number of aromatic hydroxyl groups is 1. The number of hydrogen-bond donors (Lipinski definition) is 2. The van der Waals surface area contributed by atoms with Crippen molar-refractivity contribution in [3.8, 4) is 17.2 Å². The van der Waals surface area contributed by atoms with E-state index >= 15 is 0 Å². The third-order valence-corrected chi connectivity index (χ3v) is 5.57. The summed E-state index contributed by atoms with van der Waals surface area (Å²) in [7, 11) is 0. The Balaban J connectivity index is 1.66. The number of ketones is 1. The lowest BCUT2D eigenvalue weighted by Gasteiger charge is -2.31. The summed E-state index contributed by atoms with van der Waals surface area (Å²) in [5.41, 5.74) is 1.75. The lowest BCUT2D eigenvalue weighted by atomic mass is 9.94. The van der Waals surface area contributed by atoms with Gasteiger partial charge >= 0.3 is 5.97 Å². The molecule has 0 spiro atoms. The van der Waals surface area contributed by atoms with E-state index in [1.165, 1.54) is 6.92 Å². The number of aliphatic carboxylic acids is 1.